The van der Waals surface area contributed by atoms with Crippen LogP contribution in [0.4, 0.5) is 4.79 Å². The molecule has 3 aromatic rings. The zero-order valence-corrected chi connectivity index (χ0v) is 18.1. The molecule has 1 aliphatic heterocycles. The lowest BCUT2D eigenvalue weighted by molar-refractivity contribution is -0.139. The third kappa shape index (κ3) is 4.07. The maximum Gasteiger partial charge on any atom is 0.338 e. The molecule has 164 valence electrons. The number of ether oxygens (including phenoxy) is 2. The number of hydrogen-bond acceptors (Lipinski definition) is 5. The van der Waals surface area contributed by atoms with Gasteiger partial charge in [-0.25, -0.2) is 14.3 Å². The number of benzene rings is 2. The number of esters is 1. The third-order valence-corrected chi connectivity index (χ3v) is 5.20. The van der Waals surface area contributed by atoms with Gasteiger partial charge in [0.05, 0.1) is 36.7 Å². The van der Waals surface area contributed by atoms with Gasteiger partial charge in [0.15, 0.2) is 0 Å². The van der Waals surface area contributed by atoms with Crippen molar-refractivity contribution in [1.29, 1.82) is 0 Å². The van der Waals surface area contributed by atoms with Crippen LogP contribution in [0.5, 0.6) is 5.75 Å². The van der Waals surface area contributed by atoms with Crippen molar-refractivity contribution in [2.24, 2.45) is 0 Å². The van der Waals surface area contributed by atoms with E-state index in [9.17, 15) is 9.59 Å². The van der Waals surface area contributed by atoms with Gasteiger partial charge in [-0.3, -0.25) is 0 Å². The van der Waals surface area contributed by atoms with E-state index in [1.165, 1.54) is 0 Å². The van der Waals surface area contributed by atoms with Crippen LogP contribution in [0, 0.1) is 0 Å². The highest BCUT2D eigenvalue weighted by atomic mass is 16.5. The predicted octanol–water partition coefficient (Wildman–Crippen LogP) is 3.74. The Kier molecular flexibility index (Phi) is 5.93. The fraction of sp³-hybridized carbons (Fsp3) is 0.208. The van der Waals surface area contributed by atoms with Crippen LogP contribution in [0.3, 0.4) is 0 Å². The van der Waals surface area contributed by atoms with Gasteiger partial charge in [-0.1, -0.05) is 18.2 Å². The number of nitrogens with one attached hydrogen (secondary N) is 2. The molecule has 8 heteroatoms. The van der Waals surface area contributed by atoms with Crippen LogP contribution in [0.15, 0.2) is 72.1 Å². The fourth-order valence-corrected chi connectivity index (χ4v) is 3.69. The minimum absolute atomic E-state index is 0.227. The summed E-state index contributed by atoms with van der Waals surface area (Å²) in [4.78, 5) is 25.1. The second-order valence-corrected chi connectivity index (χ2v) is 7.23. The summed E-state index contributed by atoms with van der Waals surface area (Å²) in [5.74, 6) is 0.228. The Bertz CT molecular complexity index is 1170. The maximum absolute atomic E-state index is 12.8. The number of amides is 2. The molecule has 0 saturated heterocycles. The first-order valence-corrected chi connectivity index (χ1v) is 10.3. The number of aromatic nitrogens is 2. The molecule has 8 nitrogen and oxygen atoms in total. The molecule has 1 atom stereocenters. The average Bonchev–Trinajstić information content (AvgIpc) is 3.25. The van der Waals surface area contributed by atoms with E-state index in [2.05, 4.69) is 10.6 Å². The van der Waals surface area contributed by atoms with Crippen molar-refractivity contribution in [3.05, 3.63) is 77.6 Å². The van der Waals surface area contributed by atoms with E-state index in [1.54, 1.807) is 25.6 Å². The first kappa shape index (κ1) is 21.2. The molecule has 1 aromatic heterocycles. The second-order valence-electron chi connectivity index (χ2n) is 7.23. The lowest BCUT2D eigenvalue weighted by Gasteiger charge is -2.27. The summed E-state index contributed by atoms with van der Waals surface area (Å²) in [6, 6.07) is 16.0. The molecule has 32 heavy (non-hydrogen) atoms. The van der Waals surface area contributed by atoms with Crippen LogP contribution in [0.25, 0.3) is 16.9 Å². The molecule has 4 rings (SSSR count). The van der Waals surface area contributed by atoms with Gasteiger partial charge in [-0.05, 0) is 50.2 Å². The minimum Gasteiger partial charge on any atom is -0.497 e. The second kappa shape index (κ2) is 8.97. The zero-order valence-electron chi connectivity index (χ0n) is 18.1. The molecule has 0 radical (unpaired) electrons. The van der Waals surface area contributed by atoms with Crippen LogP contribution >= 0.6 is 0 Å². The molecular formula is C24H24N4O4. The molecule has 0 spiro atoms. The quantitative estimate of drug-likeness (QED) is 0.579. The topological polar surface area (TPSA) is 94.5 Å². The summed E-state index contributed by atoms with van der Waals surface area (Å²) in [6.07, 6.45) is 1.83. The average molecular weight is 432 g/mol. The van der Waals surface area contributed by atoms with Crippen LogP contribution in [-0.4, -0.2) is 35.5 Å². The predicted molar refractivity (Wildman–Crippen MR) is 119 cm³/mol. The monoisotopic (exact) mass is 432 g/mol. The number of methoxy groups -OCH3 is 1. The van der Waals surface area contributed by atoms with Crippen molar-refractivity contribution in [1.82, 2.24) is 20.4 Å². The van der Waals surface area contributed by atoms with Crippen molar-refractivity contribution in [2.45, 2.75) is 19.9 Å². The van der Waals surface area contributed by atoms with Gasteiger partial charge in [-0.15, -0.1) is 0 Å². The molecule has 0 saturated carbocycles. The van der Waals surface area contributed by atoms with E-state index in [4.69, 9.17) is 14.6 Å². The Morgan fingerprint density at radius 1 is 1.12 bits per heavy atom. The summed E-state index contributed by atoms with van der Waals surface area (Å²) in [5, 5.41) is 10.3. The van der Waals surface area contributed by atoms with Gasteiger partial charge >= 0.3 is 12.0 Å². The lowest BCUT2D eigenvalue weighted by atomic mass is 9.94. The molecular weight excluding hydrogens is 408 g/mol. The number of carbonyl (C=O) groups excluding carboxylic acids is 2. The van der Waals surface area contributed by atoms with Crippen molar-refractivity contribution in [3.63, 3.8) is 0 Å². The number of nitrogens with zero attached hydrogens (tertiary/aromatic N) is 2. The summed E-state index contributed by atoms with van der Waals surface area (Å²) in [6.45, 7) is 3.66. The Hall–Kier alpha value is -4.07. The lowest BCUT2D eigenvalue weighted by Crippen LogP contribution is -2.45. The van der Waals surface area contributed by atoms with E-state index in [-0.39, 0.29) is 6.61 Å². The van der Waals surface area contributed by atoms with Crippen molar-refractivity contribution in [2.75, 3.05) is 13.7 Å². The van der Waals surface area contributed by atoms with E-state index in [0.717, 1.165) is 17.0 Å². The van der Waals surface area contributed by atoms with Gasteiger partial charge < -0.3 is 20.1 Å². The number of urea groups is 1. The number of allylic oxidation sites excluding steroid dienone is 1. The van der Waals surface area contributed by atoms with Crippen LogP contribution in [-0.2, 0) is 9.53 Å². The summed E-state index contributed by atoms with van der Waals surface area (Å²) in [5.41, 5.74) is 3.78. The van der Waals surface area contributed by atoms with E-state index >= 15 is 0 Å². The number of rotatable bonds is 6. The highest BCUT2D eigenvalue weighted by Crippen LogP contribution is 2.35. The minimum atomic E-state index is -0.725. The molecule has 1 aliphatic rings. The Labute approximate surface area is 185 Å². The first-order chi connectivity index (χ1) is 15.5. The molecule has 0 unspecified atom stereocenters. The van der Waals surface area contributed by atoms with Crippen LogP contribution in [0.1, 0.15) is 25.5 Å². The smallest absolute Gasteiger partial charge is 0.338 e. The summed E-state index contributed by atoms with van der Waals surface area (Å²) < 4.78 is 12.3. The summed E-state index contributed by atoms with van der Waals surface area (Å²) in [7, 11) is 1.61. The van der Waals surface area contributed by atoms with Gasteiger partial charge in [0, 0.05) is 23.0 Å². The molecule has 0 bridgehead atoms. The Morgan fingerprint density at radius 3 is 2.50 bits per heavy atom. The summed E-state index contributed by atoms with van der Waals surface area (Å²) >= 11 is 0. The van der Waals surface area contributed by atoms with Gasteiger partial charge in [0.2, 0.25) is 0 Å². The van der Waals surface area contributed by atoms with Gasteiger partial charge in [-0.2, -0.15) is 5.10 Å². The zero-order chi connectivity index (χ0) is 22.7. The number of hydrogen-bond donors (Lipinski definition) is 2. The number of para-hydroxylation sites is 1. The van der Waals surface area contributed by atoms with Crippen molar-refractivity contribution >= 4 is 12.0 Å². The standard InChI is InChI=1S/C24H24N4O4/c1-4-32-23(29)20-15(2)25-24(30)26-22(20)19-14-28(17-8-6-5-7-9-17)27-21(19)16-10-12-18(31-3)13-11-16/h5-14,22H,4H2,1-3H3,(H2,25,26,30)/t22-/m1/s1. The fourth-order valence-electron chi connectivity index (χ4n) is 3.69. The van der Waals surface area contributed by atoms with E-state index < -0.39 is 18.0 Å². The highest BCUT2D eigenvalue weighted by Gasteiger charge is 2.35. The molecule has 2 aromatic carbocycles. The van der Waals surface area contributed by atoms with Gasteiger partial charge in [0.25, 0.3) is 0 Å². The van der Waals surface area contributed by atoms with E-state index in [1.807, 2.05) is 60.8 Å². The van der Waals surface area contributed by atoms with Crippen molar-refractivity contribution < 1.29 is 19.1 Å². The SMILES string of the molecule is CCOC(=O)C1=C(C)NC(=O)N[C@@H]1c1cn(-c2ccccc2)nc1-c1ccc(OC)cc1. The number of carbonyl (C=O) groups is 2. The first-order valence-electron chi connectivity index (χ1n) is 10.3. The Morgan fingerprint density at radius 2 is 1.84 bits per heavy atom. The molecule has 0 aliphatic carbocycles. The molecule has 2 amide bonds. The molecule has 2 heterocycles. The highest BCUT2D eigenvalue weighted by molar-refractivity contribution is 5.95. The third-order valence-electron chi connectivity index (χ3n) is 5.20. The van der Waals surface area contributed by atoms with Crippen LogP contribution in [0.2, 0.25) is 0 Å². The van der Waals surface area contributed by atoms with Crippen molar-refractivity contribution in [3.8, 4) is 22.7 Å². The largest absolute Gasteiger partial charge is 0.497 e. The van der Waals surface area contributed by atoms with Crippen LogP contribution < -0.4 is 15.4 Å². The van der Waals surface area contributed by atoms with E-state index in [0.29, 0.717) is 22.5 Å². The van der Waals surface area contributed by atoms with Gasteiger partial charge in [0.1, 0.15) is 5.75 Å². The molecule has 2 N–H and O–H groups in total. The normalized spacial score (nSPS) is 15.7. The Balaban J connectivity index is 1.89. The maximum atomic E-state index is 12.8. The molecule has 0 fully saturated rings.